The molecule has 0 amide bonds. The molecule has 0 atom stereocenters. The molecule has 0 aromatic carbocycles. The highest BCUT2D eigenvalue weighted by Crippen LogP contribution is 2.33. The monoisotopic (exact) mass is 361 g/mol. The van der Waals surface area contributed by atoms with Crippen molar-refractivity contribution in [2.75, 3.05) is 6.61 Å². The summed E-state index contributed by atoms with van der Waals surface area (Å²) in [7, 11) is 0. The number of halogens is 3. The van der Waals surface area contributed by atoms with Crippen LogP contribution in [0, 0.1) is 6.92 Å². The molecule has 6 heteroatoms. The quantitative estimate of drug-likeness (QED) is 0.463. The Hall–Kier alpha value is -2.11. The number of nitrogens with zero attached hydrogens (tertiary/aromatic N) is 1. The van der Waals surface area contributed by atoms with Gasteiger partial charge >= 0.3 is 12.1 Å². The third-order valence-electron chi connectivity index (χ3n) is 2.27. The van der Waals surface area contributed by atoms with E-state index in [1.165, 1.54) is 19.2 Å². The van der Waals surface area contributed by atoms with Crippen LogP contribution < -0.4 is 0 Å². The predicted molar refractivity (Wildman–Crippen MR) is 98.6 cm³/mol. The van der Waals surface area contributed by atoms with Crippen LogP contribution in [0.5, 0.6) is 0 Å². The average Bonchev–Trinajstić information content (AvgIpc) is 2.57. The van der Waals surface area contributed by atoms with Crippen molar-refractivity contribution in [3.8, 4) is 0 Å². The summed E-state index contributed by atoms with van der Waals surface area (Å²) in [6.45, 7) is 19.4. The SMILES string of the molecule is C=C(c1nccc(C)c1C(=O)OCC)C(F)(F)F.C=CC.CC.CC. The van der Waals surface area contributed by atoms with Crippen molar-refractivity contribution in [2.24, 2.45) is 0 Å². The van der Waals surface area contributed by atoms with E-state index in [2.05, 4.69) is 18.1 Å². The minimum absolute atomic E-state index is 0.0745. The second-order valence-corrected chi connectivity index (χ2v) is 3.96. The third kappa shape index (κ3) is 10.4. The molecule has 0 bridgehead atoms. The summed E-state index contributed by atoms with van der Waals surface area (Å²) in [6, 6.07) is 1.44. The lowest BCUT2D eigenvalue weighted by Crippen LogP contribution is -2.17. The summed E-state index contributed by atoms with van der Waals surface area (Å²) in [4.78, 5) is 15.2. The van der Waals surface area contributed by atoms with Crippen LogP contribution in [0.25, 0.3) is 5.57 Å². The fraction of sp³-hybridized carbons (Fsp3) is 0.474. The van der Waals surface area contributed by atoms with Crippen molar-refractivity contribution in [3.05, 3.63) is 48.3 Å². The van der Waals surface area contributed by atoms with Gasteiger partial charge in [0.05, 0.1) is 23.4 Å². The van der Waals surface area contributed by atoms with Gasteiger partial charge in [0.25, 0.3) is 0 Å². The summed E-state index contributed by atoms with van der Waals surface area (Å²) < 4.78 is 42.5. The van der Waals surface area contributed by atoms with Crippen LogP contribution in [0.3, 0.4) is 0 Å². The van der Waals surface area contributed by atoms with Gasteiger partial charge in [-0.2, -0.15) is 13.2 Å². The maximum absolute atomic E-state index is 12.6. The minimum atomic E-state index is -4.64. The number of hydrogen-bond acceptors (Lipinski definition) is 3. The molecule has 1 heterocycles. The van der Waals surface area contributed by atoms with Gasteiger partial charge in [-0.1, -0.05) is 40.3 Å². The molecule has 144 valence electrons. The summed E-state index contributed by atoms with van der Waals surface area (Å²) >= 11 is 0. The van der Waals surface area contributed by atoms with E-state index in [1.54, 1.807) is 13.0 Å². The van der Waals surface area contributed by atoms with Gasteiger partial charge in [-0.25, -0.2) is 4.79 Å². The number of allylic oxidation sites excluding steroid dienone is 2. The van der Waals surface area contributed by atoms with Gasteiger partial charge in [0, 0.05) is 6.20 Å². The van der Waals surface area contributed by atoms with E-state index in [4.69, 9.17) is 4.74 Å². The minimum Gasteiger partial charge on any atom is -0.462 e. The van der Waals surface area contributed by atoms with Crippen LogP contribution in [0.1, 0.15) is 63.2 Å². The van der Waals surface area contributed by atoms with E-state index in [0.29, 0.717) is 5.56 Å². The zero-order valence-corrected chi connectivity index (χ0v) is 16.3. The molecule has 1 aromatic heterocycles. The van der Waals surface area contributed by atoms with Crippen LogP contribution in [-0.4, -0.2) is 23.7 Å². The molecule has 0 N–H and O–H groups in total. The van der Waals surface area contributed by atoms with Gasteiger partial charge in [-0.3, -0.25) is 4.98 Å². The second kappa shape index (κ2) is 15.4. The Kier molecular flexibility index (Phi) is 17.1. The van der Waals surface area contributed by atoms with Gasteiger partial charge < -0.3 is 4.74 Å². The number of aryl methyl sites for hydroxylation is 1. The molecule has 3 nitrogen and oxygen atoms in total. The van der Waals surface area contributed by atoms with Crippen molar-refractivity contribution in [3.63, 3.8) is 0 Å². The third-order valence-corrected chi connectivity index (χ3v) is 2.27. The first-order valence-electron chi connectivity index (χ1n) is 8.16. The smallest absolute Gasteiger partial charge is 0.417 e. The molecule has 1 rings (SSSR count). The molecule has 1 aromatic rings. The number of esters is 1. The first-order chi connectivity index (χ1) is 11.7. The number of carbonyl (C=O) groups is 1. The molecular weight excluding hydrogens is 331 g/mol. The Morgan fingerprint density at radius 1 is 1.28 bits per heavy atom. The molecule has 0 aliphatic rings. The number of hydrogen-bond donors (Lipinski definition) is 0. The van der Waals surface area contributed by atoms with E-state index in [9.17, 15) is 18.0 Å². The van der Waals surface area contributed by atoms with Crippen LogP contribution in [0.15, 0.2) is 31.5 Å². The molecule has 25 heavy (non-hydrogen) atoms. The molecular formula is C19H30F3NO2. The number of rotatable bonds is 3. The fourth-order valence-electron chi connectivity index (χ4n) is 1.38. The lowest BCUT2D eigenvalue weighted by molar-refractivity contribution is -0.0689. The molecule has 0 fully saturated rings. The van der Waals surface area contributed by atoms with E-state index in [-0.39, 0.29) is 12.2 Å². The standard InChI is InChI=1S/C12H12F3NO2.C3H6.2C2H6/c1-4-18-11(17)9-7(2)5-6-16-10(9)8(3)12(13,14)15;1-3-2;2*1-2/h5-6H,3-4H2,1-2H3;3H,1H2,2H3;2*1-2H3. The zero-order chi connectivity index (χ0) is 20.6. The van der Waals surface area contributed by atoms with Gasteiger partial charge in [0.1, 0.15) is 0 Å². The van der Waals surface area contributed by atoms with E-state index in [0.717, 1.165) is 0 Å². The molecule has 0 unspecified atom stereocenters. The highest BCUT2D eigenvalue weighted by molar-refractivity contribution is 5.96. The fourth-order valence-corrected chi connectivity index (χ4v) is 1.38. The van der Waals surface area contributed by atoms with Gasteiger partial charge in [0.2, 0.25) is 0 Å². The first-order valence-corrected chi connectivity index (χ1v) is 8.16. The Balaban J connectivity index is -0.000000605. The molecule has 0 aliphatic heterocycles. The number of alkyl halides is 3. The van der Waals surface area contributed by atoms with Crippen molar-refractivity contribution in [2.45, 2.75) is 54.6 Å². The summed E-state index contributed by atoms with van der Waals surface area (Å²) in [5.74, 6) is -0.830. The lowest BCUT2D eigenvalue weighted by Gasteiger charge is -2.14. The molecule has 0 aliphatic carbocycles. The Morgan fingerprint density at radius 2 is 1.72 bits per heavy atom. The van der Waals surface area contributed by atoms with Crippen LogP contribution in [0.2, 0.25) is 0 Å². The number of pyridine rings is 1. The van der Waals surface area contributed by atoms with Crippen molar-refractivity contribution in [1.29, 1.82) is 0 Å². The molecule has 0 saturated carbocycles. The first kappa shape index (κ1) is 27.7. The largest absolute Gasteiger partial charge is 0.462 e. The maximum Gasteiger partial charge on any atom is 0.417 e. The van der Waals surface area contributed by atoms with Crippen molar-refractivity contribution < 1.29 is 22.7 Å². The summed E-state index contributed by atoms with van der Waals surface area (Å²) in [5, 5.41) is 0. The van der Waals surface area contributed by atoms with Crippen LogP contribution in [0.4, 0.5) is 13.2 Å². The van der Waals surface area contributed by atoms with Gasteiger partial charge in [-0.05, 0) is 32.4 Å². The number of aromatic nitrogens is 1. The molecule has 0 spiro atoms. The normalized spacial score (nSPS) is 9.04. The van der Waals surface area contributed by atoms with Crippen LogP contribution >= 0.6 is 0 Å². The Labute approximate surface area is 149 Å². The van der Waals surface area contributed by atoms with E-state index < -0.39 is 23.4 Å². The lowest BCUT2D eigenvalue weighted by atomic mass is 10.0. The Bertz CT molecular complexity index is 524. The maximum atomic E-state index is 12.6. The van der Waals surface area contributed by atoms with Crippen molar-refractivity contribution >= 4 is 11.5 Å². The van der Waals surface area contributed by atoms with Crippen molar-refractivity contribution in [1.82, 2.24) is 4.98 Å². The molecule has 0 radical (unpaired) electrons. The van der Waals surface area contributed by atoms with E-state index in [1.807, 2.05) is 34.6 Å². The summed E-state index contributed by atoms with van der Waals surface area (Å²) in [6.07, 6.45) is -1.69. The number of carbonyl (C=O) groups excluding carboxylic acids is 1. The molecule has 0 saturated heterocycles. The number of ether oxygens (including phenoxy) is 1. The summed E-state index contributed by atoms with van der Waals surface area (Å²) in [5.41, 5.74) is -1.47. The highest BCUT2D eigenvalue weighted by Gasteiger charge is 2.36. The zero-order valence-electron chi connectivity index (χ0n) is 16.3. The van der Waals surface area contributed by atoms with E-state index >= 15 is 0 Å². The Morgan fingerprint density at radius 3 is 2.08 bits per heavy atom. The average molecular weight is 361 g/mol. The second-order valence-electron chi connectivity index (χ2n) is 3.96. The predicted octanol–water partition coefficient (Wildman–Crippen LogP) is 6.39. The highest BCUT2D eigenvalue weighted by atomic mass is 19.4. The van der Waals surface area contributed by atoms with Gasteiger partial charge in [0.15, 0.2) is 0 Å². The topological polar surface area (TPSA) is 39.2 Å². The van der Waals surface area contributed by atoms with Crippen LogP contribution in [-0.2, 0) is 4.74 Å². The van der Waals surface area contributed by atoms with Gasteiger partial charge in [-0.15, -0.1) is 6.58 Å².